The lowest BCUT2D eigenvalue weighted by Crippen LogP contribution is -2.15. The summed E-state index contributed by atoms with van der Waals surface area (Å²) in [5, 5.41) is 19.7. The molecule has 0 bridgehead atoms. The van der Waals surface area contributed by atoms with Gasteiger partial charge in [-0.15, -0.1) is 11.3 Å². The van der Waals surface area contributed by atoms with E-state index in [0.717, 1.165) is 21.1 Å². The van der Waals surface area contributed by atoms with Crippen LogP contribution < -0.4 is 5.73 Å². The molecule has 0 saturated carbocycles. The lowest BCUT2D eigenvalue weighted by Gasteiger charge is -2.16. The first kappa shape index (κ1) is 13.8. The summed E-state index contributed by atoms with van der Waals surface area (Å²) < 4.78 is 0. The highest BCUT2D eigenvalue weighted by Gasteiger charge is 2.23. The van der Waals surface area contributed by atoms with Gasteiger partial charge in [0.05, 0.1) is 5.69 Å². The highest BCUT2D eigenvalue weighted by Crippen LogP contribution is 2.36. The molecular weight excluding hydrogens is 260 g/mol. The van der Waals surface area contributed by atoms with Crippen LogP contribution in [-0.2, 0) is 12.0 Å². The van der Waals surface area contributed by atoms with Crippen molar-refractivity contribution < 1.29 is 10.2 Å². The number of thiazole rings is 1. The zero-order valence-corrected chi connectivity index (χ0v) is 12.1. The molecule has 0 atom stereocenters. The monoisotopic (exact) mass is 278 g/mol. The number of hydrogen-bond donors (Lipinski definition) is 3. The fourth-order valence-corrected chi connectivity index (χ4v) is 3.00. The lowest BCUT2D eigenvalue weighted by atomic mass is 9.91. The average Bonchev–Trinajstić information content (AvgIpc) is 2.76. The normalized spacial score (nSPS) is 11.8. The quantitative estimate of drug-likeness (QED) is 0.738. The Balaban J connectivity index is 2.51. The number of phenols is 2. The van der Waals surface area contributed by atoms with Crippen LogP contribution in [0.3, 0.4) is 0 Å². The van der Waals surface area contributed by atoms with Crippen molar-refractivity contribution in [3.8, 4) is 22.1 Å². The first-order chi connectivity index (χ1) is 8.82. The van der Waals surface area contributed by atoms with Crippen LogP contribution in [0.1, 0.15) is 31.3 Å². The third-order valence-electron chi connectivity index (χ3n) is 2.82. The summed E-state index contributed by atoms with van der Waals surface area (Å²) in [5.74, 6) is -0.269. The van der Waals surface area contributed by atoms with Crippen LogP contribution in [0, 0.1) is 0 Å². The number of aromatic nitrogens is 1. The minimum atomic E-state index is -0.140. The molecule has 4 N–H and O–H groups in total. The Bertz CT molecular complexity index is 600. The van der Waals surface area contributed by atoms with Crippen LogP contribution in [0.2, 0.25) is 0 Å². The van der Waals surface area contributed by atoms with E-state index in [1.807, 2.05) is 0 Å². The van der Waals surface area contributed by atoms with E-state index in [1.54, 1.807) is 6.07 Å². The molecule has 0 fully saturated rings. The van der Waals surface area contributed by atoms with Gasteiger partial charge >= 0.3 is 0 Å². The van der Waals surface area contributed by atoms with Crippen LogP contribution in [0.25, 0.3) is 10.6 Å². The smallest absolute Gasteiger partial charge is 0.158 e. The molecule has 102 valence electrons. The van der Waals surface area contributed by atoms with Gasteiger partial charge in [0.25, 0.3) is 0 Å². The molecule has 0 amide bonds. The van der Waals surface area contributed by atoms with Gasteiger partial charge in [-0.25, -0.2) is 4.98 Å². The molecule has 5 heteroatoms. The standard InChI is InChI=1S/C14H18N2O2S/c1-14(2,3)12-11(7-15)19-13(16-12)8-4-5-9(17)10(18)6-8/h4-6,17-18H,7,15H2,1-3H3. The summed E-state index contributed by atoms with van der Waals surface area (Å²) in [4.78, 5) is 5.69. The number of hydrogen-bond acceptors (Lipinski definition) is 5. The molecule has 0 unspecified atom stereocenters. The molecule has 1 aromatic heterocycles. The first-order valence-electron chi connectivity index (χ1n) is 6.05. The second kappa shape index (κ2) is 4.83. The SMILES string of the molecule is CC(C)(C)c1nc(-c2ccc(O)c(O)c2)sc1CN. The Morgan fingerprint density at radius 3 is 2.37 bits per heavy atom. The Kier molecular flexibility index (Phi) is 3.52. The molecule has 4 nitrogen and oxygen atoms in total. The second-order valence-corrected chi connectivity index (χ2v) is 6.53. The Morgan fingerprint density at radius 1 is 1.21 bits per heavy atom. The maximum absolute atomic E-state index is 9.56. The Hall–Kier alpha value is -1.59. The molecular formula is C14H18N2O2S. The largest absolute Gasteiger partial charge is 0.504 e. The molecule has 0 aliphatic rings. The zero-order valence-electron chi connectivity index (χ0n) is 11.3. The van der Waals surface area contributed by atoms with Crippen LogP contribution >= 0.6 is 11.3 Å². The number of benzene rings is 1. The van der Waals surface area contributed by atoms with Crippen molar-refractivity contribution in [1.29, 1.82) is 0 Å². The number of nitrogens with zero attached hydrogens (tertiary/aromatic N) is 1. The van der Waals surface area contributed by atoms with E-state index in [2.05, 4.69) is 25.8 Å². The average molecular weight is 278 g/mol. The highest BCUT2D eigenvalue weighted by molar-refractivity contribution is 7.15. The number of rotatable bonds is 2. The number of nitrogens with two attached hydrogens (primary N) is 1. The van der Waals surface area contributed by atoms with Crippen molar-refractivity contribution in [3.63, 3.8) is 0 Å². The van der Waals surface area contributed by atoms with Crippen molar-refractivity contribution in [2.24, 2.45) is 5.73 Å². The van der Waals surface area contributed by atoms with Gasteiger partial charge < -0.3 is 15.9 Å². The third-order valence-corrected chi connectivity index (χ3v) is 3.94. The molecule has 1 aromatic carbocycles. The summed E-state index contributed by atoms with van der Waals surface area (Å²) in [5.41, 5.74) is 7.48. The van der Waals surface area contributed by atoms with Gasteiger partial charge in [-0.1, -0.05) is 20.8 Å². The van der Waals surface area contributed by atoms with Crippen LogP contribution in [0.4, 0.5) is 0 Å². The van der Waals surface area contributed by atoms with E-state index in [-0.39, 0.29) is 16.9 Å². The lowest BCUT2D eigenvalue weighted by molar-refractivity contribution is 0.404. The summed E-state index contributed by atoms with van der Waals surface area (Å²) in [6.07, 6.45) is 0. The first-order valence-corrected chi connectivity index (χ1v) is 6.87. The molecule has 19 heavy (non-hydrogen) atoms. The predicted octanol–water partition coefficient (Wildman–Crippen LogP) is 2.98. The van der Waals surface area contributed by atoms with Crippen molar-refractivity contribution in [2.75, 3.05) is 0 Å². The zero-order chi connectivity index (χ0) is 14.2. The van der Waals surface area contributed by atoms with E-state index >= 15 is 0 Å². The van der Waals surface area contributed by atoms with Gasteiger partial charge in [-0.3, -0.25) is 0 Å². The minimum Gasteiger partial charge on any atom is -0.504 e. The van der Waals surface area contributed by atoms with E-state index in [0.29, 0.717) is 6.54 Å². The van der Waals surface area contributed by atoms with E-state index in [1.165, 1.54) is 23.5 Å². The molecule has 1 heterocycles. The van der Waals surface area contributed by atoms with Gasteiger partial charge in [0.2, 0.25) is 0 Å². The van der Waals surface area contributed by atoms with Crippen LogP contribution in [-0.4, -0.2) is 15.2 Å². The topological polar surface area (TPSA) is 79.4 Å². The van der Waals surface area contributed by atoms with E-state index < -0.39 is 0 Å². The Morgan fingerprint density at radius 2 is 1.89 bits per heavy atom. The number of aromatic hydroxyl groups is 2. The fraction of sp³-hybridized carbons (Fsp3) is 0.357. The van der Waals surface area contributed by atoms with Crippen LogP contribution in [0.15, 0.2) is 18.2 Å². The molecule has 0 saturated heterocycles. The molecule has 0 radical (unpaired) electrons. The maximum atomic E-state index is 9.56. The van der Waals surface area contributed by atoms with Gasteiger partial charge in [-0.2, -0.15) is 0 Å². The summed E-state index contributed by atoms with van der Waals surface area (Å²) >= 11 is 1.53. The minimum absolute atomic E-state index is 0.0670. The van der Waals surface area contributed by atoms with E-state index in [4.69, 9.17) is 5.73 Å². The summed E-state index contributed by atoms with van der Waals surface area (Å²) in [6.45, 7) is 6.74. The third kappa shape index (κ3) is 2.72. The predicted molar refractivity (Wildman–Crippen MR) is 77.5 cm³/mol. The summed E-state index contributed by atoms with van der Waals surface area (Å²) in [7, 11) is 0. The molecule has 2 rings (SSSR count). The molecule has 2 aromatic rings. The van der Waals surface area contributed by atoms with Crippen molar-refractivity contribution in [3.05, 3.63) is 28.8 Å². The van der Waals surface area contributed by atoms with Crippen molar-refractivity contribution in [1.82, 2.24) is 4.98 Å². The van der Waals surface area contributed by atoms with Crippen LogP contribution in [0.5, 0.6) is 11.5 Å². The van der Waals surface area contributed by atoms with Gasteiger partial charge in [0.1, 0.15) is 5.01 Å². The number of phenolic OH excluding ortho intramolecular Hbond substituents is 2. The van der Waals surface area contributed by atoms with Gasteiger partial charge in [-0.05, 0) is 18.2 Å². The molecule has 0 aliphatic heterocycles. The second-order valence-electron chi connectivity index (χ2n) is 5.45. The van der Waals surface area contributed by atoms with Gasteiger partial charge in [0, 0.05) is 22.4 Å². The molecule has 0 spiro atoms. The fourth-order valence-electron chi connectivity index (χ4n) is 1.86. The molecule has 0 aliphatic carbocycles. The highest BCUT2D eigenvalue weighted by atomic mass is 32.1. The van der Waals surface area contributed by atoms with Gasteiger partial charge in [0.15, 0.2) is 11.5 Å². The van der Waals surface area contributed by atoms with Crippen molar-refractivity contribution >= 4 is 11.3 Å². The Labute approximate surface area is 116 Å². The summed E-state index contributed by atoms with van der Waals surface area (Å²) in [6, 6.07) is 4.71. The van der Waals surface area contributed by atoms with Crippen molar-refractivity contribution in [2.45, 2.75) is 32.7 Å². The maximum Gasteiger partial charge on any atom is 0.158 e. The van der Waals surface area contributed by atoms with E-state index in [9.17, 15) is 10.2 Å².